The molecule has 16 heavy (non-hydrogen) atoms. The van der Waals surface area contributed by atoms with Crippen molar-refractivity contribution < 1.29 is 4.79 Å². The minimum Gasteiger partial charge on any atom is -0.366 e. The molecule has 1 saturated carbocycles. The third-order valence-electron chi connectivity index (χ3n) is 3.39. The minimum absolute atomic E-state index is 0.337. The summed E-state index contributed by atoms with van der Waals surface area (Å²) < 4.78 is 0. The van der Waals surface area contributed by atoms with Gasteiger partial charge in [-0.25, -0.2) is 0 Å². The number of amides is 1. The Morgan fingerprint density at radius 1 is 1.25 bits per heavy atom. The molecular formula is C13H14N2O. The summed E-state index contributed by atoms with van der Waals surface area (Å²) in [4.78, 5) is 10.9. The third kappa shape index (κ3) is 1.67. The standard InChI is InChI=1S/C13H14N2O/c14-9-13(7-1-2-8-13)11-5-3-10(4-6-11)12(15)16/h3-6H,1-2,7-8H2,(H2,15,16). The van der Waals surface area contributed by atoms with Crippen molar-refractivity contribution in [2.75, 3.05) is 0 Å². The molecule has 1 aliphatic carbocycles. The number of nitrogens with zero attached hydrogens (tertiary/aromatic N) is 1. The molecule has 1 aromatic carbocycles. The van der Waals surface area contributed by atoms with Crippen LogP contribution in [0.2, 0.25) is 0 Å². The molecule has 3 nitrogen and oxygen atoms in total. The second kappa shape index (κ2) is 3.97. The first-order valence-corrected chi connectivity index (χ1v) is 5.49. The average molecular weight is 214 g/mol. The Labute approximate surface area is 94.9 Å². The van der Waals surface area contributed by atoms with Crippen LogP contribution in [0.5, 0.6) is 0 Å². The lowest BCUT2D eigenvalue weighted by Gasteiger charge is -2.20. The van der Waals surface area contributed by atoms with Gasteiger partial charge >= 0.3 is 0 Å². The molecule has 0 aliphatic heterocycles. The predicted octanol–water partition coefficient (Wildman–Crippen LogP) is 2.12. The van der Waals surface area contributed by atoms with Gasteiger partial charge in [0.25, 0.3) is 0 Å². The Morgan fingerprint density at radius 3 is 2.25 bits per heavy atom. The monoisotopic (exact) mass is 214 g/mol. The molecule has 2 rings (SSSR count). The van der Waals surface area contributed by atoms with Crippen LogP contribution in [-0.4, -0.2) is 5.91 Å². The molecule has 0 saturated heterocycles. The maximum Gasteiger partial charge on any atom is 0.248 e. The van der Waals surface area contributed by atoms with Gasteiger partial charge in [-0.2, -0.15) is 5.26 Å². The van der Waals surface area contributed by atoms with E-state index in [0.29, 0.717) is 5.56 Å². The van der Waals surface area contributed by atoms with Crippen molar-refractivity contribution in [2.24, 2.45) is 5.73 Å². The molecule has 1 amide bonds. The molecule has 0 radical (unpaired) electrons. The Balaban J connectivity index is 2.34. The zero-order valence-electron chi connectivity index (χ0n) is 9.07. The number of carbonyl (C=O) groups is 1. The Hall–Kier alpha value is -1.82. The van der Waals surface area contributed by atoms with E-state index in [0.717, 1.165) is 31.2 Å². The quantitative estimate of drug-likeness (QED) is 0.819. The lowest BCUT2D eigenvalue weighted by Crippen LogP contribution is -2.19. The highest BCUT2D eigenvalue weighted by Gasteiger charge is 2.35. The van der Waals surface area contributed by atoms with Crippen molar-refractivity contribution in [3.8, 4) is 6.07 Å². The number of carbonyl (C=O) groups excluding carboxylic acids is 1. The van der Waals surface area contributed by atoms with E-state index in [1.54, 1.807) is 12.1 Å². The van der Waals surface area contributed by atoms with Gasteiger partial charge in [0, 0.05) is 5.56 Å². The van der Waals surface area contributed by atoms with Gasteiger partial charge in [0.2, 0.25) is 5.91 Å². The van der Waals surface area contributed by atoms with E-state index in [2.05, 4.69) is 6.07 Å². The fourth-order valence-corrected chi connectivity index (χ4v) is 2.40. The van der Waals surface area contributed by atoms with Crippen molar-refractivity contribution >= 4 is 5.91 Å². The van der Waals surface area contributed by atoms with Crippen LogP contribution in [0.15, 0.2) is 24.3 Å². The first-order chi connectivity index (χ1) is 7.68. The van der Waals surface area contributed by atoms with Gasteiger partial charge < -0.3 is 5.73 Å². The van der Waals surface area contributed by atoms with Crippen LogP contribution in [0, 0.1) is 11.3 Å². The maximum absolute atomic E-state index is 10.9. The molecule has 0 bridgehead atoms. The minimum atomic E-state index is -0.427. The lowest BCUT2D eigenvalue weighted by atomic mass is 9.80. The normalized spacial score (nSPS) is 17.9. The summed E-state index contributed by atoms with van der Waals surface area (Å²) in [7, 11) is 0. The molecular weight excluding hydrogens is 200 g/mol. The fourth-order valence-electron chi connectivity index (χ4n) is 2.40. The van der Waals surface area contributed by atoms with Gasteiger partial charge in [-0.3, -0.25) is 4.79 Å². The smallest absolute Gasteiger partial charge is 0.248 e. The first-order valence-electron chi connectivity index (χ1n) is 5.49. The third-order valence-corrected chi connectivity index (χ3v) is 3.39. The van der Waals surface area contributed by atoms with Gasteiger partial charge in [-0.1, -0.05) is 25.0 Å². The summed E-state index contributed by atoms with van der Waals surface area (Å²) in [6.45, 7) is 0. The van der Waals surface area contributed by atoms with Gasteiger partial charge in [0.15, 0.2) is 0 Å². The maximum atomic E-state index is 10.9. The Bertz CT molecular complexity index is 436. The number of rotatable bonds is 2. The van der Waals surface area contributed by atoms with Gasteiger partial charge in [-0.05, 0) is 30.5 Å². The number of nitrogens with two attached hydrogens (primary N) is 1. The van der Waals surface area contributed by atoms with Crippen molar-refractivity contribution in [3.63, 3.8) is 0 Å². The summed E-state index contributed by atoms with van der Waals surface area (Å²) >= 11 is 0. The van der Waals surface area contributed by atoms with E-state index < -0.39 is 5.91 Å². The molecule has 0 unspecified atom stereocenters. The Kier molecular flexibility index (Phi) is 2.66. The number of primary amides is 1. The molecule has 1 aromatic rings. The predicted molar refractivity (Wildman–Crippen MR) is 60.7 cm³/mol. The van der Waals surface area contributed by atoms with Crippen molar-refractivity contribution in [2.45, 2.75) is 31.1 Å². The zero-order valence-corrected chi connectivity index (χ0v) is 9.07. The van der Waals surface area contributed by atoms with E-state index in [1.165, 1.54) is 0 Å². The molecule has 0 heterocycles. The lowest BCUT2D eigenvalue weighted by molar-refractivity contribution is 0.100. The van der Waals surface area contributed by atoms with Crippen LogP contribution in [0.1, 0.15) is 41.6 Å². The second-order valence-electron chi connectivity index (χ2n) is 4.34. The van der Waals surface area contributed by atoms with E-state index >= 15 is 0 Å². The van der Waals surface area contributed by atoms with Crippen LogP contribution < -0.4 is 5.73 Å². The summed E-state index contributed by atoms with van der Waals surface area (Å²) in [5.74, 6) is -0.427. The molecule has 0 spiro atoms. The highest BCUT2D eigenvalue weighted by molar-refractivity contribution is 5.92. The molecule has 1 aliphatic rings. The van der Waals surface area contributed by atoms with E-state index in [9.17, 15) is 10.1 Å². The van der Waals surface area contributed by atoms with Crippen LogP contribution in [0.4, 0.5) is 0 Å². The second-order valence-corrected chi connectivity index (χ2v) is 4.34. The van der Waals surface area contributed by atoms with Gasteiger partial charge in [0.1, 0.15) is 0 Å². The molecule has 1 fully saturated rings. The number of hydrogen-bond acceptors (Lipinski definition) is 2. The SMILES string of the molecule is N#CC1(c2ccc(C(N)=O)cc2)CCCC1. The summed E-state index contributed by atoms with van der Waals surface area (Å²) in [6.07, 6.45) is 4.04. The van der Waals surface area contributed by atoms with Crippen LogP contribution >= 0.6 is 0 Å². The average Bonchev–Trinajstić information content (AvgIpc) is 2.79. The first kappa shape index (κ1) is 10.7. The Morgan fingerprint density at radius 2 is 1.81 bits per heavy atom. The summed E-state index contributed by atoms with van der Waals surface area (Å²) in [5.41, 5.74) is 6.35. The highest BCUT2D eigenvalue weighted by atomic mass is 16.1. The van der Waals surface area contributed by atoms with E-state index in [1.807, 2.05) is 12.1 Å². The number of benzene rings is 1. The van der Waals surface area contributed by atoms with Crippen LogP contribution in [0.25, 0.3) is 0 Å². The van der Waals surface area contributed by atoms with Crippen molar-refractivity contribution in [3.05, 3.63) is 35.4 Å². The van der Waals surface area contributed by atoms with Gasteiger partial charge in [0.05, 0.1) is 11.5 Å². The molecule has 82 valence electrons. The van der Waals surface area contributed by atoms with Crippen LogP contribution in [-0.2, 0) is 5.41 Å². The van der Waals surface area contributed by atoms with E-state index in [4.69, 9.17) is 5.73 Å². The topological polar surface area (TPSA) is 66.9 Å². The summed E-state index contributed by atoms with van der Waals surface area (Å²) in [5, 5.41) is 9.31. The zero-order chi connectivity index (χ0) is 11.6. The van der Waals surface area contributed by atoms with Crippen molar-refractivity contribution in [1.29, 1.82) is 5.26 Å². The fraction of sp³-hybridized carbons (Fsp3) is 0.385. The van der Waals surface area contributed by atoms with E-state index in [-0.39, 0.29) is 5.41 Å². The largest absolute Gasteiger partial charge is 0.366 e. The number of nitriles is 1. The molecule has 3 heteroatoms. The molecule has 0 atom stereocenters. The van der Waals surface area contributed by atoms with Crippen molar-refractivity contribution in [1.82, 2.24) is 0 Å². The molecule has 2 N–H and O–H groups in total. The van der Waals surface area contributed by atoms with Gasteiger partial charge in [-0.15, -0.1) is 0 Å². The highest BCUT2D eigenvalue weighted by Crippen LogP contribution is 2.40. The molecule has 0 aromatic heterocycles. The van der Waals surface area contributed by atoms with Crippen LogP contribution in [0.3, 0.4) is 0 Å². The number of hydrogen-bond donors (Lipinski definition) is 1. The summed E-state index contributed by atoms with van der Waals surface area (Å²) in [6, 6.07) is 9.54.